The molecule has 5 nitrogen and oxygen atoms in total. The quantitative estimate of drug-likeness (QED) is 0.357. The van der Waals surface area contributed by atoms with Gasteiger partial charge in [-0.1, -0.05) is 70.5 Å². The van der Waals surface area contributed by atoms with Crippen LogP contribution in [0.2, 0.25) is 0 Å². The molecule has 2 aromatic carbocycles. The van der Waals surface area contributed by atoms with Crippen molar-refractivity contribution in [2.24, 2.45) is 0 Å². The average Bonchev–Trinajstić information content (AvgIpc) is 2.67. The molecule has 0 aromatic heterocycles. The van der Waals surface area contributed by atoms with Crippen LogP contribution in [0.1, 0.15) is 51.7 Å². The van der Waals surface area contributed by atoms with Gasteiger partial charge in [0.15, 0.2) is 5.75 Å². The normalized spacial score (nSPS) is 10.3. The zero-order valence-corrected chi connectivity index (χ0v) is 16.9. The molecule has 2 aromatic rings. The number of nitro groups is 1. The molecule has 0 radical (unpaired) electrons. The summed E-state index contributed by atoms with van der Waals surface area (Å²) < 4.78 is 5.54. The molecule has 0 atom stereocenters. The van der Waals surface area contributed by atoms with Crippen LogP contribution in [0.15, 0.2) is 48.5 Å². The number of rotatable bonds is 9. The Morgan fingerprint density at radius 1 is 1.07 bits per heavy atom. The first-order valence-electron chi connectivity index (χ1n) is 9.65. The Morgan fingerprint density at radius 2 is 1.78 bits per heavy atom. The van der Waals surface area contributed by atoms with Crippen molar-refractivity contribution in [1.29, 1.82) is 0 Å². The highest BCUT2D eigenvalue weighted by molar-refractivity contribution is 5.48. The number of nitrogens with one attached hydrogen (secondary N) is 1. The second kappa shape index (κ2) is 12.9. The van der Waals surface area contributed by atoms with Crippen molar-refractivity contribution in [2.45, 2.75) is 59.6 Å². The first-order valence-corrected chi connectivity index (χ1v) is 9.65. The highest BCUT2D eigenvalue weighted by Crippen LogP contribution is 2.28. The Bertz CT molecular complexity index is 673. The van der Waals surface area contributed by atoms with Gasteiger partial charge in [0, 0.05) is 12.1 Å². The van der Waals surface area contributed by atoms with Crippen LogP contribution >= 0.6 is 0 Å². The first-order chi connectivity index (χ1) is 13.0. The fourth-order valence-corrected chi connectivity index (χ4v) is 2.35. The van der Waals surface area contributed by atoms with Crippen LogP contribution in [0.3, 0.4) is 0 Å². The van der Waals surface area contributed by atoms with Crippen LogP contribution in [0, 0.1) is 10.1 Å². The summed E-state index contributed by atoms with van der Waals surface area (Å²) >= 11 is 0. The van der Waals surface area contributed by atoms with Crippen molar-refractivity contribution >= 4 is 5.69 Å². The van der Waals surface area contributed by atoms with E-state index in [9.17, 15) is 10.1 Å². The number of ether oxygens (including phenoxy) is 1. The lowest BCUT2D eigenvalue weighted by Crippen LogP contribution is -2.23. The Kier molecular flexibility index (Phi) is 10.8. The van der Waals surface area contributed by atoms with Crippen LogP contribution in [0.4, 0.5) is 5.69 Å². The second-order valence-electron chi connectivity index (χ2n) is 6.65. The van der Waals surface area contributed by atoms with Gasteiger partial charge in [-0.05, 0) is 36.6 Å². The van der Waals surface area contributed by atoms with E-state index >= 15 is 0 Å². The zero-order valence-electron chi connectivity index (χ0n) is 16.9. The van der Waals surface area contributed by atoms with E-state index in [0.717, 1.165) is 17.5 Å². The summed E-state index contributed by atoms with van der Waals surface area (Å²) in [5.41, 5.74) is 1.94. The highest BCUT2D eigenvalue weighted by atomic mass is 16.6. The predicted molar refractivity (Wildman–Crippen MR) is 111 cm³/mol. The Labute approximate surface area is 162 Å². The molecule has 148 valence electrons. The maximum atomic E-state index is 11.0. The molecule has 0 spiro atoms. The van der Waals surface area contributed by atoms with Gasteiger partial charge in [-0.2, -0.15) is 0 Å². The minimum absolute atomic E-state index is 0.0234. The van der Waals surface area contributed by atoms with Crippen molar-refractivity contribution in [3.8, 4) is 5.75 Å². The van der Waals surface area contributed by atoms with Gasteiger partial charge in [0.1, 0.15) is 6.61 Å². The van der Waals surface area contributed by atoms with Crippen LogP contribution in [-0.4, -0.2) is 17.5 Å². The molecule has 0 fully saturated rings. The maximum absolute atomic E-state index is 11.0. The van der Waals surface area contributed by atoms with Gasteiger partial charge in [0.25, 0.3) is 0 Å². The van der Waals surface area contributed by atoms with E-state index < -0.39 is 4.92 Å². The molecule has 0 amide bonds. The monoisotopic (exact) mass is 372 g/mol. The SMILES string of the molecule is CCCCNC(C)C.CCc1ccc(OCc2ccccc2)c([N+](=O)[O-])c1. The van der Waals surface area contributed by atoms with Gasteiger partial charge in [-0.25, -0.2) is 0 Å². The average molecular weight is 373 g/mol. The van der Waals surface area contributed by atoms with E-state index in [1.165, 1.54) is 19.4 Å². The largest absolute Gasteiger partial charge is 0.482 e. The number of nitrogens with zero attached hydrogens (tertiary/aromatic N) is 1. The maximum Gasteiger partial charge on any atom is 0.311 e. The minimum Gasteiger partial charge on any atom is -0.482 e. The van der Waals surface area contributed by atoms with Gasteiger partial charge < -0.3 is 10.1 Å². The molecule has 0 heterocycles. The van der Waals surface area contributed by atoms with Crippen molar-refractivity contribution < 1.29 is 9.66 Å². The Morgan fingerprint density at radius 3 is 2.33 bits per heavy atom. The molecular weight excluding hydrogens is 340 g/mol. The van der Waals surface area contributed by atoms with E-state index in [0.29, 0.717) is 18.4 Å². The fourth-order valence-electron chi connectivity index (χ4n) is 2.35. The van der Waals surface area contributed by atoms with Gasteiger partial charge in [-0.3, -0.25) is 10.1 Å². The number of hydrogen-bond acceptors (Lipinski definition) is 4. The summed E-state index contributed by atoms with van der Waals surface area (Å²) in [6.45, 7) is 10.0. The number of benzene rings is 2. The van der Waals surface area contributed by atoms with Gasteiger partial charge >= 0.3 is 5.69 Å². The molecule has 5 heteroatoms. The molecule has 0 aliphatic carbocycles. The van der Waals surface area contributed by atoms with Gasteiger partial charge in [0.05, 0.1) is 4.92 Å². The third kappa shape index (κ3) is 9.20. The van der Waals surface area contributed by atoms with Gasteiger partial charge in [0.2, 0.25) is 0 Å². The molecule has 27 heavy (non-hydrogen) atoms. The predicted octanol–water partition coefficient (Wildman–Crippen LogP) is 5.52. The Hall–Kier alpha value is -2.40. The van der Waals surface area contributed by atoms with E-state index in [2.05, 4.69) is 26.1 Å². The number of nitro benzene ring substituents is 1. The number of aryl methyl sites for hydroxylation is 1. The van der Waals surface area contributed by atoms with E-state index in [1.54, 1.807) is 12.1 Å². The third-order valence-electron chi connectivity index (χ3n) is 3.95. The van der Waals surface area contributed by atoms with Crippen LogP contribution in [0.5, 0.6) is 5.75 Å². The first kappa shape index (κ1) is 22.6. The molecule has 2 rings (SSSR count). The Balaban J connectivity index is 0.000000387. The summed E-state index contributed by atoms with van der Waals surface area (Å²) in [4.78, 5) is 10.6. The molecule has 0 saturated carbocycles. The van der Waals surface area contributed by atoms with Crippen molar-refractivity contribution in [2.75, 3.05) is 6.54 Å². The smallest absolute Gasteiger partial charge is 0.311 e. The number of unbranched alkanes of at least 4 members (excludes halogenated alkanes) is 1. The summed E-state index contributed by atoms with van der Waals surface area (Å²) in [6.07, 6.45) is 3.36. The summed E-state index contributed by atoms with van der Waals surface area (Å²) in [7, 11) is 0. The standard InChI is InChI=1S/C15H15NO3.C7H17N/c1-2-12-8-9-15(14(10-12)16(17)18)19-11-13-6-4-3-5-7-13;1-4-5-6-8-7(2)3/h3-10H,2,11H2,1H3;7-8H,4-6H2,1-3H3. The lowest BCUT2D eigenvalue weighted by atomic mass is 10.1. The minimum atomic E-state index is -0.403. The topological polar surface area (TPSA) is 64.4 Å². The fraction of sp³-hybridized carbons (Fsp3) is 0.455. The molecule has 0 bridgehead atoms. The number of hydrogen-bond donors (Lipinski definition) is 1. The van der Waals surface area contributed by atoms with E-state index in [4.69, 9.17) is 4.74 Å². The second-order valence-corrected chi connectivity index (χ2v) is 6.65. The van der Waals surface area contributed by atoms with Gasteiger partial charge in [-0.15, -0.1) is 0 Å². The highest BCUT2D eigenvalue weighted by Gasteiger charge is 2.15. The van der Waals surface area contributed by atoms with Crippen LogP contribution in [0.25, 0.3) is 0 Å². The van der Waals surface area contributed by atoms with Crippen LogP contribution < -0.4 is 10.1 Å². The van der Waals surface area contributed by atoms with Crippen molar-refractivity contribution in [1.82, 2.24) is 5.32 Å². The molecule has 0 saturated heterocycles. The van der Waals surface area contributed by atoms with E-state index in [-0.39, 0.29) is 5.69 Å². The lowest BCUT2D eigenvalue weighted by molar-refractivity contribution is -0.386. The third-order valence-corrected chi connectivity index (χ3v) is 3.95. The van der Waals surface area contributed by atoms with Crippen molar-refractivity contribution in [3.63, 3.8) is 0 Å². The van der Waals surface area contributed by atoms with Crippen molar-refractivity contribution in [3.05, 3.63) is 69.8 Å². The summed E-state index contributed by atoms with van der Waals surface area (Å²) in [5, 5.41) is 14.4. The molecule has 0 aliphatic heterocycles. The lowest BCUT2D eigenvalue weighted by Gasteiger charge is -2.07. The van der Waals surface area contributed by atoms with Crippen LogP contribution in [-0.2, 0) is 13.0 Å². The molecule has 1 N–H and O–H groups in total. The molecular formula is C22H32N2O3. The zero-order chi connectivity index (χ0) is 20.1. The summed E-state index contributed by atoms with van der Waals surface area (Å²) in [6, 6.07) is 15.3. The van der Waals surface area contributed by atoms with E-state index in [1.807, 2.05) is 43.3 Å². The summed E-state index contributed by atoms with van der Waals surface area (Å²) in [5.74, 6) is 0.311. The molecule has 0 unspecified atom stereocenters. The molecule has 0 aliphatic rings.